The normalized spacial score (nSPS) is 12.9. The van der Waals surface area contributed by atoms with Gasteiger partial charge in [0, 0.05) is 24.2 Å². The van der Waals surface area contributed by atoms with Crippen molar-refractivity contribution in [2.45, 2.75) is 13.1 Å². The summed E-state index contributed by atoms with van der Waals surface area (Å²) in [5, 5.41) is 3.28. The third-order valence-corrected chi connectivity index (χ3v) is 3.75. The first kappa shape index (κ1) is 13.6. The lowest BCUT2D eigenvalue weighted by atomic mass is 9.99. The van der Waals surface area contributed by atoms with Crippen LogP contribution in [0.3, 0.4) is 0 Å². The number of fused-ring (bicyclic) bond motifs is 1. The van der Waals surface area contributed by atoms with E-state index in [0.29, 0.717) is 22.6 Å². The maximum atomic E-state index is 12.6. The van der Waals surface area contributed by atoms with Crippen LogP contribution in [0.25, 0.3) is 0 Å². The summed E-state index contributed by atoms with van der Waals surface area (Å²) in [6.07, 6.45) is 0. The molecule has 2 aromatic rings. The van der Waals surface area contributed by atoms with Crippen molar-refractivity contribution in [2.24, 2.45) is 0 Å². The molecule has 108 valence electrons. The molecule has 4 heteroatoms. The van der Waals surface area contributed by atoms with Crippen LogP contribution in [0.4, 0.5) is 0 Å². The van der Waals surface area contributed by atoms with Crippen LogP contribution in [0.5, 0.6) is 11.5 Å². The van der Waals surface area contributed by atoms with Gasteiger partial charge in [-0.05, 0) is 35.4 Å². The Kier molecular flexibility index (Phi) is 3.62. The number of carbonyl (C=O) groups excluding carboxylic acids is 1. The lowest BCUT2D eigenvalue weighted by Crippen LogP contribution is -2.03. The van der Waals surface area contributed by atoms with Crippen LogP contribution >= 0.6 is 0 Å². The highest BCUT2D eigenvalue weighted by Gasteiger charge is 2.16. The molecule has 21 heavy (non-hydrogen) atoms. The number of methoxy groups -OCH3 is 2. The molecular formula is C17H17NO3. The lowest BCUT2D eigenvalue weighted by Gasteiger charge is -2.09. The summed E-state index contributed by atoms with van der Waals surface area (Å²) >= 11 is 0. The van der Waals surface area contributed by atoms with Crippen molar-refractivity contribution < 1.29 is 14.3 Å². The SMILES string of the molecule is COc1ccc(C(=O)c2ccc3c(c2)CNC3)cc1OC. The van der Waals surface area contributed by atoms with Crippen LogP contribution in [-0.2, 0) is 13.1 Å². The molecule has 0 saturated carbocycles. The topological polar surface area (TPSA) is 47.6 Å². The minimum atomic E-state index is -0.00865. The second kappa shape index (κ2) is 5.58. The summed E-state index contributed by atoms with van der Waals surface area (Å²) in [6.45, 7) is 1.70. The Morgan fingerprint density at radius 3 is 2.33 bits per heavy atom. The Morgan fingerprint density at radius 2 is 1.57 bits per heavy atom. The van der Waals surface area contributed by atoms with E-state index in [1.54, 1.807) is 32.4 Å². The lowest BCUT2D eigenvalue weighted by molar-refractivity contribution is 0.103. The van der Waals surface area contributed by atoms with Gasteiger partial charge >= 0.3 is 0 Å². The standard InChI is InChI=1S/C17H17NO3/c1-20-15-6-5-12(8-16(15)21-2)17(19)11-3-4-13-9-18-10-14(13)7-11/h3-8,18H,9-10H2,1-2H3. The third-order valence-electron chi connectivity index (χ3n) is 3.75. The molecule has 0 atom stereocenters. The minimum absolute atomic E-state index is 0.00865. The van der Waals surface area contributed by atoms with Crippen LogP contribution in [-0.4, -0.2) is 20.0 Å². The second-order valence-electron chi connectivity index (χ2n) is 4.99. The van der Waals surface area contributed by atoms with Gasteiger partial charge in [-0.1, -0.05) is 12.1 Å². The van der Waals surface area contributed by atoms with Crippen LogP contribution in [0.1, 0.15) is 27.0 Å². The number of hydrogen-bond donors (Lipinski definition) is 1. The fourth-order valence-corrected chi connectivity index (χ4v) is 2.58. The van der Waals surface area contributed by atoms with Gasteiger partial charge in [0.25, 0.3) is 0 Å². The largest absolute Gasteiger partial charge is 0.493 e. The Balaban J connectivity index is 1.95. The van der Waals surface area contributed by atoms with E-state index in [2.05, 4.69) is 5.32 Å². The zero-order chi connectivity index (χ0) is 14.8. The molecule has 0 amide bonds. The number of rotatable bonds is 4. The summed E-state index contributed by atoms with van der Waals surface area (Å²) in [6, 6.07) is 11.1. The number of ketones is 1. The van der Waals surface area contributed by atoms with Gasteiger partial charge in [-0.2, -0.15) is 0 Å². The maximum Gasteiger partial charge on any atom is 0.193 e. The molecule has 4 nitrogen and oxygen atoms in total. The zero-order valence-corrected chi connectivity index (χ0v) is 12.1. The summed E-state index contributed by atoms with van der Waals surface area (Å²) in [5.41, 5.74) is 3.75. The van der Waals surface area contributed by atoms with Gasteiger partial charge in [0.05, 0.1) is 14.2 Å². The van der Waals surface area contributed by atoms with E-state index in [-0.39, 0.29) is 5.78 Å². The first-order chi connectivity index (χ1) is 10.2. The summed E-state index contributed by atoms with van der Waals surface area (Å²) in [4.78, 5) is 12.6. The Hall–Kier alpha value is -2.33. The summed E-state index contributed by atoms with van der Waals surface area (Å²) < 4.78 is 10.4. The molecule has 1 N–H and O–H groups in total. The first-order valence-corrected chi connectivity index (χ1v) is 6.82. The molecule has 0 bridgehead atoms. The molecule has 0 fully saturated rings. The van der Waals surface area contributed by atoms with E-state index in [1.807, 2.05) is 18.2 Å². The van der Waals surface area contributed by atoms with Crippen molar-refractivity contribution in [3.63, 3.8) is 0 Å². The van der Waals surface area contributed by atoms with Crippen molar-refractivity contribution in [2.75, 3.05) is 14.2 Å². The Morgan fingerprint density at radius 1 is 0.905 bits per heavy atom. The monoisotopic (exact) mass is 283 g/mol. The molecule has 0 aliphatic carbocycles. The van der Waals surface area contributed by atoms with E-state index in [4.69, 9.17) is 9.47 Å². The van der Waals surface area contributed by atoms with Gasteiger partial charge in [-0.25, -0.2) is 0 Å². The molecule has 0 spiro atoms. The average molecular weight is 283 g/mol. The van der Waals surface area contributed by atoms with Gasteiger partial charge in [-0.15, -0.1) is 0 Å². The van der Waals surface area contributed by atoms with Gasteiger partial charge in [0.15, 0.2) is 17.3 Å². The van der Waals surface area contributed by atoms with E-state index in [9.17, 15) is 4.79 Å². The number of nitrogens with one attached hydrogen (secondary N) is 1. The van der Waals surface area contributed by atoms with Crippen LogP contribution < -0.4 is 14.8 Å². The number of hydrogen-bond acceptors (Lipinski definition) is 4. The van der Waals surface area contributed by atoms with Crippen molar-refractivity contribution in [1.82, 2.24) is 5.32 Å². The van der Waals surface area contributed by atoms with Gasteiger partial charge in [0.2, 0.25) is 0 Å². The molecule has 0 saturated heterocycles. The summed E-state index contributed by atoms with van der Waals surface area (Å²) in [7, 11) is 3.14. The highest BCUT2D eigenvalue weighted by atomic mass is 16.5. The maximum absolute atomic E-state index is 12.6. The predicted octanol–water partition coefficient (Wildman–Crippen LogP) is 2.54. The highest BCUT2D eigenvalue weighted by molar-refractivity contribution is 6.09. The molecule has 0 unspecified atom stereocenters. The third kappa shape index (κ3) is 2.50. The van der Waals surface area contributed by atoms with Gasteiger partial charge in [0.1, 0.15) is 0 Å². The highest BCUT2D eigenvalue weighted by Crippen LogP contribution is 2.29. The number of benzene rings is 2. The molecule has 0 radical (unpaired) electrons. The Labute approximate surface area is 123 Å². The zero-order valence-electron chi connectivity index (χ0n) is 12.1. The summed E-state index contributed by atoms with van der Waals surface area (Å²) in [5.74, 6) is 1.17. The van der Waals surface area contributed by atoms with Crippen molar-refractivity contribution >= 4 is 5.78 Å². The molecule has 1 aliphatic rings. The second-order valence-corrected chi connectivity index (χ2v) is 4.99. The van der Waals surface area contributed by atoms with E-state index >= 15 is 0 Å². The molecule has 0 aromatic heterocycles. The quantitative estimate of drug-likeness (QED) is 0.876. The molecule has 1 heterocycles. The first-order valence-electron chi connectivity index (χ1n) is 6.82. The van der Waals surface area contributed by atoms with Gasteiger partial charge in [-0.3, -0.25) is 4.79 Å². The van der Waals surface area contributed by atoms with Crippen LogP contribution in [0.15, 0.2) is 36.4 Å². The number of carbonyl (C=O) groups is 1. The minimum Gasteiger partial charge on any atom is -0.493 e. The van der Waals surface area contributed by atoms with Crippen molar-refractivity contribution in [1.29, 1.82) is 0 Å². The van der Waals surface area contributed by atoms with E-state index in [0.717, 1.165) is 13.1 Å². The molecular weight excluding hydrogens is 266 g/mol. The molecule has 3 rings (SSSR count). The Bertz CT molecular complexity index is 694. The predicted molar refractivity (Wildman–Crippen MR) is 80.0 cm³/mol. The van der Waals surface area contributed by atoms with Crippen LogP contribution in [0, 0.1) is 0 Å². The van der Waals surface area contributed by atoms with Gasteiger partial charge < -0.3 is 14.8 Å². The smallest absolute Gasteiger partial charge is 0.193 e. The average Bonchev–Trinajstić information content (AvgIpc) is 3.00. The number of ether oxygens (including phenoxy) is 2. The fraction of sp³-hybridized carbons (Fsp3) is 0.235. The van der Waals surface area contributed by atoms with Crippen molar-refractivity contribution in [3.8, 4) is 11.5 Å². The van der Waals surface area contributed by atoms with E-state index < -0.39 is 0 Å². The van der Waals surface area contributed by atoms with E-state index in [1.165, 1.54) is 11.1 Å². The molecule has 2 aromatic carbocycles. The fourth-order valence-electron chi connectivity index (χ4n) is 2.58. The van der Waals surface area contributed by atoms with Crippen molar-refractivity contribution in [3.05, 3.63) is 58.7 Å². The van der Waals surface area contributed by atoms with Crippen LogP contribution in [0.2, 0.25) is 0 Å². The molecule has 1 aliphatic heterocycles.